The van der Waals surface area contributed by atoms with Gasteiger partial charge in [-0.1, -0.05) is 0 Å². The Morgan fingerprint density at radius 3 is 2.44 bits per heavy atom. The number of anilines is 1. The van der Waals surface area contributed by atoms with Gasteiger partial charge >= 0.3 is 6.18 Å². The van der Waals surface area contributed by atoms with Crippen LogP contribution in [0.3, 0.4) is 0 Å². The summed E-state index contributed by atoms with van der Waals surface area (Å²) in [6, 6.07) is -0.225. The highest BCUT2D eigenvalue weighted by atomic mass is 32.2. The van der Waals surface area contributed by atoms with E-state index in [0.29, 0.717) is 17.7 Å². The van der Waals surface area contributed by atoms with Gasteiger partial charge in [-0.15, -0.1) is 11.3 Å². The Morgan fingerprint density at radius 1 is 1.17 bits per heavy atom. The number of aliphatic hydroxyl groups is 1. The van der Waals surface area contributed by atoms with Gasteiger partial charge in [0.2, 0.25) is 16.0 Å². The van der Waals surface area contributed by atoms with E-state index in [9.17, 15) is 26.7 Å². The molecule has 0 aromatic carbocycles. The van der Waals surface area contributed by atoms with Crippen LogP contribution in [0.1, 0.15) is 37.1 Å². The van der Waals surface area contributed by atoms with Crippen molar-refractivity contribution in [1.29, 1.82) is 0 Å². The highest BCUT2D eigenvalue weighted by molar-refractivity contribution is 7.89. The van der Waals surface area contributed by atoms with Crippen LogP contribution >= 0.6 is 11.3 Å². The molecule has 1 fully saturated rings. The molecule has 0 amide bonds. The van der Waals surface area contributed by atoms with E-state index in [1.54, 1.807) is 20.9 Å². The van der Waals surface area contributed by atoms with Crippen LogP contribution in [0.15, 0.2) is 29.7 Å². The van der Waals surface area contributed by atoms with Crippen molar-refractivity contribution in [2.45, 2.75) is 55.8 Å². The van der Waals surface area contributed by atoms with Crippen LogP contribution in [0.4, 0.5) is 19.1 Å². The Labute approximate surface area is 210 Å². The van der Waals surface area contributed by atoms with Crippen molar-refractivity contribution in [2.75, 3.05) is 18.4 Å². The lowest BCUT2D eigenvalue weighted by Crippen LogP contribution is -2.42. The highest BCUT2D eigenvalue weighted by Gasteiger charge is 2.37. The number of aryl methyl sites for hydroxylation is 1. The van der Waals surface area contributed by atoms with Crippen LogP contribution in [0.5, 0.6) is 0 Å². The Bertz CT molecular complexity index is 1320. The van der Waals surface area contributed by atoms with E-state index in [-0.39, 0.29) is 47.1 Å². The summed E-state index contributed by atoms with van der Waals surface area (Å²) in [5.41, 5.74) is -2.38. The summed E-state index contributed by atoms with van der Waals surface area (Å²) in [7, 11) is -2.04. The lowest BCUT2D eigenvalue weighted by atomic mass is 10.1. The molecule has 3 aromatic rings. The predicted octanol–water partition coefficient (Wildman–Crippen LogP) is 2.93. The third kappa shape index (κ3) is 6.02. The van der Waals surface area contributed by atoms with Gasteiger partial charge in [0.05, 0.1) is 11.8 Å². The maximum Gasteiger partial charge on any atom is 0.420 e. The number of thiazole rings is 1. The van der Waals surface area contributed by atoms with Crippen molar-refractivity contribution >= 4 is 27.3 Å². The number of nitrogens with zero attached hydrogens (tertiary/aromatic N) is 6. The number of nitrogens with one attached hydrogen (secondary N) is 1. The summed E-state index contributed by atoms with van der Waals surface area (Å²) in [6.45, 7) is 3.67. The molecule has 15 heteroatoms. The minimum atomic E-state index is -4.68. The SMILES string of the molecule is Cn1cc(S(=O)(=O)N2CCC(Nc3ncc(C(F)(F)F)c(-c4ncc(CC(C)(C)O)s4)n3)CC2)cn1. The molecule has 0 bridgehead atoms. The molecule has 4 rings (SSSR count). The third-order valence-electron chi connectivity index (χ3n) is 5.56. The van der Waals surface area contributed by atoms with Gasteiger partial charge in [-0.25, -0.2) is 23.4 Å². The molecule has 3 aromatic heterocycles. The molecule has 0 saturated carbocycles. The first-order valence-electron chi connectivity index (χ1n) is 11.1. The fraction of sp³-hybridized carbons (Fsp3) is 0.524. The molecule has 0 aliphatic carbocycles. The summed E-state index contributed by atoms with van der Waals surface area (Å²) in [6.07, 6.45) is 1.30. The number of hydrogen-bond acceptors (Lipinski definition) is 9. The number of piperidine rings is 1. The fourth-order valence-corrected chi connectivity index (χ4v) is 6.44. The molecule has 196 valence electrons. The van der Waals surface area contributed by atoms with Gasteiger partial charge in [-0.3, -0.25) is 4.68 Å². The fourth-order valence-electron chi connectivity index (χ4n) is 3.85. The van der Waals surface area contributed by atoms with E-state index in [1.165, 1.54) is 27.6 Å². The van der Waals surface area contributed by atoms with E-state index < -0.39 is 27.4 Å². The molecule has 36 heavy (non-hydrogen) atoms. The monoisotopic (exact) mass is 545 g/mol. The Hall–Kier alpha value is -2.62. The van der Waals surface area contributed by atoms with Crippen LogP contribution in [-0.4, -0.2) is 67.3 Å². The van der Waals surface area contributed by atoms with Gasteiger partial charge in [0.1, 0.15) is 21.2 Å². The van der Waals surface area contributed by atoms with Crippen LogP contribution < -0.4 is 5.32 Å². The van der Waals surface area contributed by atoms with E-state index in [0.717, 1.165) is 17.5 Å². The Kier molecular flexibility index (Phi) is 7.11. The molecule has 0 radical (unpaired) electrons. The minimum absolute atomic E-state index is 0.00537. The van der Waals surface area contributed by atoms with Gasteiger partial charge < -0.3 is 10.4 Å². The number of sulfonamides is 1. The second-order valence-electron chi connectivity index (χ2n) is 9.25. The average molecular weight is 546 g/mol. The van der Waals surface area contributed by atoms with Crippen LogP contribution in [0, 0.1) is 0 Å². The molecule has 1 saturated heterocycles. The number of halogens is 3. The van der Waals surface area contributed by atoms with Gasteiger partial charge in [-0.05, 0) is 26.7 Å². The molecular weight excluding hydrogens is 519 g/mol. The van der Waals surface area contributed by atoms with Crippen molar-refractivity contribution < 1.29 is 26.7 Å². The summed E-state index contributed by atoms with van der Waals surface area (Å²) < 4.78 is 69.3. The Balaban J connectivity index is 1.50. The topological polar surface area (TPSA) is 126 Å². The number of aromatic nitrogens is 5. The lowest BCUT2D eigenvalue weighted by molar-refractivity contribution is -0.137. The molecule has 2 N–H and O–H groups in total. The molecule has 4 heterocycles. The van der Waals surface area contributed by atoms with Crippen LogP contribution in [0.25, 0.3) is 10.7 Å². The molecule has 1 aliphatic rings. The van der Waals surface area contributed by atoms with Gasteiger partial charge in [0.15, 0.2) is 0 Å². The maximum absolute atomic E-state index is 13.7. The van der Waals surface area contributed by atoms with E-state index >= 15 is 0 Å². The quantitative estimate of drug-likeness (QED) is 0.464. The second-order valence-corrected chi connectivity index (χ2v) is 12.3. The summed E-state index contributed by atoms with van der Waals surface area (Å²) >= 11 is 1.03. The van der Waals surface area contributed by atoms with Crippen LogP contribution in [0.2, 0.25) is 0 Å². The van der Waals surface area contributed by atoms with Gasteiger partial charge in [0, 0.05) is 56.1 Å². The summed E-state index contributed by atoms with van der Waals surface area (Å²) in [5.74, 6) is 0.00537. The van der Waals surface area contributed by atoms with E-state index in [4.69, 9.17) is 0 Å². The van der Waals surface area contributed by atoms with Gasteiger partial charge in [0.25, 0.3) is 0 Å². The first-order valence-corrected chi connectivity index (χ1v) is 13.3. The third-order valence-corrected chi connectivity index (χ3v) is 8.42. The predicted molar refractivity (Wildman–Crippen MR) is 127 cm³/mol. The first kappa shape index (κ1) is 26.4. The largest absolute Gasteiger partial charge is 0.420 e. The number of rotatable bonds is 7. The zero-order valence-corrected chi connectivity index (χ0v) is 21.5. The van der Waals surface area contributed by atoms with Crippen molar-refractivity contribution in [3.63, 3.8) is 0 Å². The molecule has 1 aliphatic heterocycles. The van der Waals surface area contributed by atoms with E-state index in [1.807, 2.05) is 0 Å². The zero-order valence-electron chi connectivity index (χ0n) is 19.8. The molecule has 0 spiro atoms. The minimum Gasteiger partial charge on any atom is -0.390 e. The molecule has 0 unspecified atom stereocenters. The van der Waals surface area contributed by atoms with Gasteiger partial charge in [-0.2, -0.15) is 22.6 Å². The van der Waals surface area contributed by atoms with Crippen molar-refractivity contribution in [2.24, 2.45) is 7.05 Å². The normalized spacial score (nSPS) is 16.4. The molecular formula is C21H26F3N7O3S2. The standard InChI is InChI=1S/C21H26F3N7O3S2/c1-20(2,32)8-14-9-25-18(35-14)17-16(21(22,23)24)11-26-19(29-17)28-13-4-6-31(7-5-13)36(33,34)15-10-27-30(3)12-15/h9-13,32H,4-8H2,1-3H3,(H,26,28,29). The Morgan fingerprint density at radius 2 is 1.86 bits per heavy atom. The average Bonchev–Trinajstić information content (AvgIpc) is 3.41. The first-order chi connectivity index (χ1) is 16.7. The number of hydrogen-bond donors (Lipinski definition) is 2. The molecule has 10 nitrogen and oxygen atoms in total. The maximum atomic E-state index is 13.7. The molecule has 0 atom stereocenters. The van der Waals surface area contributed by atoms with Crippen molar-refractivity contribution in [1.82, 2.24) is 29.0 Å². The van der Waals surface area contributed by atoms with Crippen LogP contribution in [-0.2, 0) is 29.7 Å². The summed E-state index contributed by atoms with van der Waals surface area (Å²) in [4.78, 5) is 12.8. The zero-order chi connectivity index (χ0) is 26.3. The lowest BCUT2D eigenvalue weighted by Gasteiger charge is -2.31. The smallest absolute Gasteiger partial charge is 0.390 e. The van der Waals surface area contributed by atoms with Crippen molar-refractivity contribution in [3.8, 4) is 10.7 Å². The van der Waals surface area contributed by atoms with Crippen molar-refractivity contribution in [3.05, 3.63) is 35.2 Å². The highest BCUT2D eigenvalue weighted by Crippen LogP contribution is 2.38. The number of alkyl halides is 3. The van der Waals surface area contributed by atoms with E-state index in [2.05, 4.69) is 25.4 Å². The second kappa shape index (κ2) is 9.68. The summed E-state index contributed by atoms with van der Waals surface area (Å²) in [5, 5.41) is 17.0.